The molecule has 0 aromatic heterocycles. The number of nitrogens with zero attached hydrogens (tertiary/aromatic N) is 2. The molecule has 0 heterocycles. The zero-order chi connectivity index (χ0) is 14.3. The average Bonchev–Trinajstić information content (AvgIpc) is 2.43. The molecule has 0 amide bonds. The summed E-state index contributed by atoms with van der Waals surface area (Å²) in [6.07, 6.45) is 1.10. The molecule has 0 aromatic carbocycles. The van der Waals surface area contributed by atoms with Crippen LogP contribution in [0.5, 0.6) is 0 Å². The van der Waals surface area contributed by atoms with Gasteiger partial charge in [0.25, 0.3) is 0 Å². The van der Waals surface area contributed by atoms with E-state index in [0.29, 0.717) is 0 Å². The Labute approximate surface area is 141 Å². The number of hydrogen-bond donors (Lipinski definition) is 2. The maximum absolute atomic E-state index is 5.30. The van der Waals surface area contributed by atoms with Crippen LogP contribution in [-0.4, -0.2) is 63.3 Å². The zero-order valence-electron chi connectivity index (χ0n) is 13.6. The van der Waals surface area contributed by atoms with Gasteiger partial charge in [-0.05, 0) is 39.9 Å². The number of halogens is 1. The molecule has 20 heavy (non-hydrogen) atoms. The van der Waals surface area contributed by atoms with Crippen LogP contribution in [0, 0.1) is 0 Å². The molecule has 0 rings (SSSR count). The Kier molecular flexibility index (Phi) is 18.8. The van der Waals surface area contributed by atoms with Gasteiger partial charge in [-0.2, -0.15) is 0 Å². The van der Waals surface area contributed by atoms with E-state index in [-0.39, 0.29) is 24.0 Å². The van der Waals surface area contributed by atoms with Gasteiger partial charge >= 0.3 is 0 Å². The summed E-state index contributed by atoms with van der Waals surface area (Å²) in [5, 5.41) is 6.52. The molecule has 2 N–H and O–H groups in total. The second-order valence-electron chi connectivity index (χ2n) is 4.26. The van der Waals surface area contributed by atoms with Gasteiger partial charge in [-0.1, -0.05) is 13.8 Å². The minimum atomic E-state index is 0. The summed E-state index contributed by atoms with van der Waals surface area (Å²) < 4.78 is 5.30. The van der Waals surface area contributed by atoms with Crippen molar-refractivity contribution in [3.8, 4) is 0 Å². The molecule has 0 atom stereocenters. The zero-order valence-corrected chi connectivity index (χ0v) is 15.9. The Balaban J connectivity index is 0. The van der Waals surface area contributed by atoms with Gasteiger partial charge < -0.3 is 20.3 Å². The van der Waals surface area contributed by atoms with Gasteiger partial charge in [-0.25, -0.2) is 0 Å². The smallest absolute Gasteiger partial charge is 0.191 e. The van der Waals surface area contributed by atoms with E-state index < -0.39 is 0 Å². The largest absolute Gasteiger partial charge is 0.380 e. The first-order chi connectivity index (χ1) is 9.28. The standard InChI is InChI=1S/C14H32N4O.HI/c1-5-15-14(17-11-13-19-8-4)16-10-9-12-18(6-2)7-3;/h5-13H2,1-4H3,(H2,15,16,17);1H. The van der Waals surface area contributed by atoms with E-state index in [2.05, 4.69) is 41.3 Å². The lowest BCUT2D eigenvalue weighted by Crippen LogP contribution is -2.39. The van der Waals surface area contributed by atoms with Crippen molar-refractivity contribution in [2.75, 3.05) is 52.5 Å². The normalized spacial score (nSPS) is 11.3. The molecule has 0 aliphatic heterocycles. The number of rotatable bonds is 11. The molecule has 0 saturated carbocycles. The van der Waals surface area contributed by atoms with Crippen LogP contribution in [0.3, 0.4) is 0 Å². The fourth-order valence-corrected chi connectivity index (χ4v) is 1.75. The van der Waals surface area contributed by atoms with Gasteiger partial charge in [0, 0.05) is 26.2 Å². The molecule has 6 heteroatoms. The van der Waals surface area contributed by atoms with Crippen molar-refractivity contribution in [2.24, 2.45) is 4.99 Å². The second-order valence-corrected chi connectivity index (χ2v) is 4.26. The van der Waals surface area contributed by atoms with E-state index in [9.17, 15) is 0 Å². The van der Waals surface area contributed by atoms with Crippen LogP contribution in [0.15, 0.2) is 4.99 Å². The monoisotopic (exact) mass is 400 g/mol. The lowest BCUT2D eigenvalue weighted by molar-refractivity contribution is 0.152. The highest BCUT2D eigenvalue weighted by Crippen LogP contribution is 1.91. The highest BCUT2D eigenvalue weighted by molar-refractivity contribution is 14.0. The van der Waals surface area contributed by atoms with E-state index in [4.69, 9.17) is 4.74 Å². The number of nitrogens with one attached hydrogen (secondary N) is 2. The number of guanidine groups is 1. The maximum atomic E-state index is 5.30. The molecular formula is C14H33IN4O. The van der Waals surface area contributed by atoms with Crippen molar-refractivity contribution in [3.05, 3.63) is 0 Å². The molecule has 0 aliphatic rings. The van der Waals surface area contributed by atoms with Crippen LogP contribution in [0.2, 0.25) is 0 Å². The number of hydrogen-bond acceptors (Lipinski definition) is 3. The van der Waals surface area contributed by atoms with Gasteiger partial charge in [-0.15, -0.1) is 24.0 Å². The molecule has 0 spiro atoms. The van der Waals surface area contributed by atoms with Crippen LogP contribution in [0.25, 0.3) is 0 Å². The van der Waals surface area contributed by atoms with Crippen LogP contribution < -0.4 is 10.6 Å². The summed E-state index contributed by atoms with van der Waals surface area (Å²) in [6.45, 7) is 15.9. The van der Waals surface area contributed by atoms with E-state index in [0.717, 1.165) is 64.9 Å². The van der Waals surface area contributed by atoms with Gasteiger partial charge in [0.2, 0.25) is 0 Å². The molecular weight excluding hydrogens is 367 g/mol. The fourth-order valence-electron chi connectivity index (χ4n) is 1.75. The van der Waals surface area contributed by atoms with Crippen LogP contribution in [-0.2, 0) is 4.74 Å². The van der Waals surface area contributed by atoms with Crippen molar-refractivity contribution < 1.29 is 4.74 Å². The number of aliphatic imine (C=N–C) groups is 1. The highest BCUT2D eigenvalue weighted by Gasteiger charge is 1.99. The molecule has 5 nitrogen and oxygen atoms in total. The first kappa shape index (κ1) is 22.2. The molecule has 0 bridgehead atoms. The summed E-state index contributed by atoms with van der Waals surface area (Å²) in [4.78, 5) is 6.99. The quantitative estimate of drug-likeness (QED) is 0.241. The predicted molar refractivity (Wildman–Crippen MR) is 98.3 cm³/mol. The average molecular weight is 400 g/mol. The molecule has 0 aromatic rings. The summed E-state index contributed by atoms with van der Waals surface area (Å²) >= 11 is 0. The van der Waals surface area contributed by atoms with Crippen LogP contribution in [0.1, 0.15) is 34.1 Å². The predicted octanol–water partition coefficient (Wildman–Crippen LogP) is 1.93. The first-order valence-corrected chi connectivity index (χ1v) is 7.60. The second kappa shape index (κ2) is 17.0. The van der Waals surface area contributed by atoms with E-state index in [1.54, 1.807) is 0 Å². The Morgan fingerprint density at radius 2 is 1.80 bits per heavy atom. The van der Waals surface area contributed by atoms with Crippen molar-refractivity contribution >= 4 is 29.9 Å². The van der Waals surface area contributed by atoms with Gasteiger partial charge in [-0.3, -0.25) is 4.99 Å². The van der Waals surface area contributed by atoms with E-state index in [1.807, 2.05) is 6.92 Å². The van der Waals surface area contributed by atoms with Gasteiger partial charge in [0.1, 0.15) is 0 Å². The van der Waals surface area contributed by atoms with Crippen molar-refractivity contribution in [2.45, 2.75) is 34.1 Å². The molecule has 0 saturated heterocycles. The van der Waals surface area contributed by atoms with Crippen molar-refractivity contribution in [3.63, 3.8) is 0 Å². The lowest BCUT2D eigenvalue weighted by atomic mass is 10.4. The lowest BCUT2D eigenvalue weighted by Gasteiger charge is -2.17. The summed E-state index contributed by atoms with van der Waals surface area (Å²) in [7, 11) is 0. The third kappa shape index (κ3) is 12.9. The summed E-state index contributed by atoms with van der Waals surface area (Å²) in [5.74, 6) is 0.891. The minimum Gasteiger partial charge on any atom is -0.380 e. The van der Waals surface area contributed by atoms with Crippen molar-refractivity contribution in [1.82, 2.24) is 15.5 Å². The molecule has 0 unspecified atom stereocenters. The highest BCUT2D eigenvalue weighted by atomic mass is 127. The van der Waals surface area contributed by atoms with Gasteiger partial charge in [0.15, 0.2) is 5.96 Å². The van der Waals surface area contributed by atoms with E-state index >= 15 is 0 Å². The van der Waals surface area contributed by atoms with E-state index in [1.165, 1.54) is 0 Å². The fraction of sp³-hybridized carbons (Fsp3) is 0.929. The van der Waals surface area contributed by atoms with Crippen LogP contribution >= 0.6 is 24.0 Å². The van der Waals surface area contributed by atoms with Crippen molar-refractivity contribution in [1.29, 1.82) is 0 Å². The Morgan fingerprint density at radius 3 is 2.35 bits per heavy atom. The summed E-state index contributed by atoms with van der Waals surface area (Å²) in [5.41, 5.74) is 0. The SMILES string of the molecule is CCNC(=NCCCN(CC)CC)NCCOCC.I. The Bertz CT molecular complexity index is 223. The minimum absolute atomic E-state index is 0. The van der Waals surface area contributed by atoms with Gasteiger partial charge in [0.05, 0.1) is 6.61 Å². The molecule has 0 aliphatic carbocycles. The molecule has 122 valence electrons. The number of ether oxygens (including phenoxy) is 1. The topological polar surface area (TPSA) is 48.9 Å². The molecule has 0 radical (unpaired) electrons. The third-order valence-corrected chi connectivity index (χ3v) is 2.88. The maximum Gasteiger partial charge on any atom is 0.191 e. The third-order valence-electron chi connectivity index (χ3n) is 2.88. The first-order valence-electron chi connectivity index (χ1n) is 7.60. The molecule has 0 fully saturated rings. The van der Waals surface area contributed by atoms with Crippen LogP contribution in [0.4, 0.5) is 0 Å². The summed E-state index contributed by atoms with van der Waals surface area (Å²) in [6, 6.07) is 0. The Hall–Kier alpha value is -0.0800. The Morgan fingerprint density at radius 1 is 1.10 bits per heavy atom.